The van der Waals surface area contributed by atoms with Crippen molar-refractivity contribution in [2.75, 3.05) is 26.2 Å². The second-order valence-electron chi connectivity index (χ2n) is 6.99. The Labute approximate surface area is 169 Å². The van der Waals surface area contributed by atoms with E-state index in [1.54, 1.807) is 35.2 Å². The van der Waals surface area contributed by atoms with E-state index in [1.165, 1.54) is 18.2 Å². The number of amides is 3. The summed E-state index contributed by atoms with van der Waals surface area (Å²) in [4.78, 5) is 38.4. The van der Waals surface area contributed by atoms with Gasteiger partial charge in [-0.3, -0.25) is 14.4 Å². The molecular weight excluding hydrogens is 373 g/mol. The van der Waals surface area contributed by atoms with Crippen LogP contribution in [0.5, 0.6) is 0 Å². The van der Waals surface area contributed by atoms with E-state index in [9.17, 15) is 18.8 Å². The average molecular weight is 397 g/mol. The molecule has 0 aromatic heterocycles. The van der Waals surface area contributed by atoms with Crippen molar-refractivity contribution >= 4 is 17.7 Å². The van der Waals surface area contributed by atoms with Gasteiger partial charge in [0.05, 0.1) is 0 Å². The smallest absolute Gasteiger partial charge is 0.253 e. The van der Waals surface area contributed by atoms with E-state index in [1.807, 2.05) is 6.07 Å². The molecule has 1 aliphatic rings. The molecule has 152 valence electrons. The van der Waals surface area contributed by atoms with Gasteiger partial charge in [-0.1, -0.05) is 24.3 Å². The van der Waals surface area contributed by atoms with E-state index in [-0.39, 0.29) is 23.6 Å². The van der Waals surface area contributed by atoms with Crippen LogP contribution in [0.25, 0.3) is 0 Å². The molecule has 1 heterocycles. The molecule has 2 aromatic carbocycles. The summed E-state index contributed by atoms with van der Waals surface area (Å²) in [7, 11) is 0. The fraction of sp³-hybridized carbons (Fsp3) is 0.318. The van der Waals surface area contributed by atoms with Crippen molar-refractivity contribution in [1.82, 2.24) is 15.5 Å². The van der Waals surface area contributed by atoms with Crippen LogP contribution in [0, 0.1) is 11.7 Å². The van der Waals surface area contributed by atoms with E-state index < -0.39 is 5.82 Å². The van der Waals surface area contributed by atoms with Gasteiger partial charge >= 0.3 is 0 Å². The Morgan fingerprint density at radius 1 is 0.897 bits per heavy atom. The highest BCUT2D eigenvalue weighted by molar-refractivity contribution is 5.94. The Kier molecular flexibility index (Phi) is 6.94. The predicted octanol–water partition coefficient (Wildman–Crippen LogP) is 2.22. The van der Waals surface area contributed by atoms with Crippen molar-refractivity contribution in [3.63, 3.8) is 0 Å². The minimum Gasteiger partial charge on any atom is -0.354 e. The van der Waals surface area contributed by atoms with Crippen LogP contribution >= 0.6 is 0 Å². The Balaban J connectivity index is 1.37. The molecule has 1 fully saturated rings. The van der Waals surface area contributed by atoms with E-state index in [0.717, 1.165) is 0 Å². The van der Waals surface area contributed by atoms with Gasteiger partial charge in [0.1, 0.15) is 5.82 Å². The van der Waals surface area contributed by atoms with Gasteiger partial charge in [-0.15, -0.1) is 0 Å². The molecule has 1 aliphatic heterocycles. The Bertz CT molecular complexity index is 865. The fourth-order valence-corrected chi connectivity index (χ4v) is 3.35. The molecule has 7 heteroatoms. The molecule has 0 saturated carbocycles. The highest BCUT2D eigenvalue weighted by atomic mass is 19.1. The number of carbonyl (C=O) groups excluding carboxylic acids is 3. The van der Waals surface area contributed by atoms with Crippen LogP contribution in [0.4, 0.5) is 4.39 Å². The number of nitrogens with zero attached hydrogens (tertiary/aromatic N) is 1. The Morgan fingerprint density at radius 3 is 2.24 bits per heavy atom. The monoisotopic (exact) mass is 397 g/mol. The van der Waals surface area contributed by atoms with Gasteiger partial charge in [-0.05, 0) is 43.2 Å². The molecule has 3 rings (SSSR count). The van der Waals surface area contributed by atoms with E-state index >= 15 is 0 Å². The quantitative estimate of drug-likeness (QED) is 0.734. The van der Waals surface area contributed by atoms with Crippen molar-refractivity contribution in [2.24, 2.45) is 5.92 Å². The second kappa shape index (κ2) is 9.82. The van der Waals surface area contributed by atoms with Crippen molar-refractivity contribution in [3.8, 4) is 0 Å². The molecule has 2 N–H and O–H groups in total. The van der Waals surface area contributed by atoms with E-state index in [4.69, 9.17) is 0 Å². The maximum absolute atomic E-state index is 13.3. The maximum atomic E-state index is 13.3. The van der Waals surface area contributed by atoms with Gasteiger partial charge in [0, 0.05) is 43.2 Å². The first-order chi connectivity index (χ1) is 14.0. The zero-order valence-electron chi connectivity index (χ0n) is 16.1. The van der Waals surface area contributed by atoms with Crippen LogP contribution < -0.4 is 10.6 Å². The number of halogens is 1. The Hall–Kier alpha value is -3.22. The minimum absolute atomic E-state index is 0.0724. The average Bonchev–Trinajstić information content (AvgIpc) is 2.76. The number of carbonyl (C=O) groups is 3. The number of benzene rings is 2. The molecule has 0 radical (unpaired) electrons. The van der Waals surface area contributed by atoms with Crippen LogP contribution in [-0.2, 0) is 4.79 Å². The number of nitrogens with one attached hydrogen (secondary N) is 2. The van der Waals surface area contributed by atoms with Crippen LogP contribution in [0.3, 0.4) is 0 Å². The van der Waals surface area contributed by atoms with Crippen molar-refractivity contribution < 1.29 is 18.8 Å². The van der Waals surface area contributed by atoms with Gasteiger partial charge in [-0.25, -0.2) is 4.39 Å². The first-order valence-electron chi connectivity index (χ1n) is 9.70. The third kappa shape index (κ3) is 5.63. The maximum Gasteiger partial charge on any atom is 0.253 e. The molecule has 2 aromatic rings. The summed E-state index contributed by atoms with van der Waals surface area (Å²) in [5.41, 5.74) is 0.899. The van der Waals surface area contributed by atoms with Gasteiger partial charge in [0.2, 0.25) is 5.91 Å². The second-order valence-corrected chi connectivity index (χ2v) is 6.99. The van der Waals surface area contributed by atoms with Crippen LogP contribution in [0.1, 0.15) is 33.6 Å². The van der Waals surface area contributed by atoms with Crippen molar-refractivity contribution in [1.29, 1.82) is 0 Å². The number of rotatable bonds is 6. The number of hydrogen-bond acceptors (Lipinski definition) is 3. The molecule has 0 unspecified atom stereocenters. The summed E-state index contributed by atoms with van der Waals surface area (Å²) < 4.78 is 13.3. The van der Waals surface area contributed by atoms with Crippen LogP contribution in [0.2, 0.25) is 0 Å². The van der Waals surface area contributed by atoms with Gasteiger partial charge in [-0.2, -0.15) is 0 Å². The Morgan fingerprint density at radius 2 is 1.55 bits per heavy atom. The van der Waals surface area contributed by atoms with E-state index in [2.05, 4.69) is 10.6 Å². The van der Waals surface area contributed by atoms with Crippen molar-refractivity contribution in [2.45, 2.75) is 12.8 Å². The molecule has 0 atom stereocenters. The van der Waals surface area contributed by atoms with Crippen LogP contribution in [0.15, 0.2) is 54.6 Å². The lowest BCUT2D eigenvalue weighted by molar-refractivity contribution is -0.126. The standard InChI is InChI=1S/C22H24FN3O3/c23-19-8-4-7-18(15-19)22(29)26-13-9-17(10-14-26)21(28)25-12-11-24-20(27)16-5-2-1-3-6-16/h1-8,15,17H,9-14H2,(H,24,27)(H,25,28). The molecular formula is C22H24FN3O3. The zero-order chi connectivity index (χ0) is 20.6. The fourth-order valence-electron chi connectivity index (χ4n) is 3.35. The topological polar surface area (TPSA) is 78.5 Å². The minimum atomic E-state index is -0.440. The van der Waals surface area contributed by atoms with Crippen molar-refractivity contribution in [3.05, 3.63) is 71.5 Å². The third-order valence-electron chi connectivity index (χ3n) is 4.97. The van der Waals surface area contributed by atoms with Crippen LogP contribution in [-0.4, -0.2) is 48.8 Å². The highest BCUT2D eigenvalue weighted by Gasteiger charge is 2.27. The molecule has 6 nitrogen and oxygen atoms in total. The van der Waals surface area contributed by atoms with Gasteiger partial charge in [0.15, 0.2) is 0 Å². The van der Waals surface area contributed by atoms with Gasteiger partial charge in [0.25, 0.3) is 11.8 Å². The lowest BCUT2D eigenvalue weighted by Gasteiger charge is -2.31. The summed E-state index contributed by atoms with van der Waals surface area (Å²) in [6, 6.07) is 14.5. The third-order valence-corrected chi connectivity index (χ3v) is 4.97. The normalized spacial score (nSPS) is 14.3. The summed E-state index contributed by atoms with van der Waals surface area (Å²) in [6.07, 6.45) is 1.12. The lowest BCUT2D eigenvalue weighted by Crippen LogP contribution is -2.44. The first-order valence-corrected chi connectivity index (χ1v) is 9.70. The van der Waals surface area contributed by atoms with Gasteiger partial charge < -0.3 is 15.5 Å². The summed E-state index contributed by atoms with van der Waals surface area (Å²) in [5.74, 6) is -1.08. The highest BCUT2D eigenvalue weighted by Crippen LogP contribution is 2.19. The number of hydrogen-bond donors (Lipinski definition) is 2. The largest absolute Gasteiger partial charge is 0.354 e. The molecule has 0 spiro atoms. The summed E-state index contributed by atoms with van der Waals surface area (Å²) in [5, 5.41) is 5.60. The predicted molar refractivity (Wildman–Crippen MR) is 107 cm³/mol. The molecule has 1 saturated heterocycles. The molecule has 0 bridgehead atoms. The molecule has 0 aliphatic carbocycles. The SMILES string of the molecule is O=C(NCCNC(=O)C1CCN(C(=O)c2cccc(F)c2)CC1)c1ccccc1. The molecule has 3 amide bonds. The first kappa shape index (κ1) is 20.5. The zero-order valence-corrected chi connectivity index (χ0v) is 16.1. The molecule has 29 heavy (non-hydrogen) atoms. The number of likely N-dealkylation sites (tertiary alicyclic amines) is 1. The number of piperidine rings is 1. The lowest BCUT2D eigenvalue weighted by atomic mass is 9.95. The van der Waals surface area contributed by atoms with E-state index in [0.29, 0.717) is 50.1 Å². The summed E-state index contributed by atoms with van der Waals surface area (Å²) in [6.45, 7) is 1.60. The summed E-state index contributed by atoms with van der Waals surface area (Å²) >= 11 is 0.